The first kappa shape index (κ1) is 16.0. The fourth-order valence-corrected chi connectivity index (χ4v) is 1.75. The van der Waals surface area contributed by atoms with Crippen molar-refractivity contribution in [2.75, 3.05) is 0 Å². The minimum absolute atomic E-state index is 0.494. The fourth-order valence-electron chi connectivity index (χ4n) is 1.75. The lowest BCUT2D eigenvalue weighted by atomic mass is 10.1. The lowest BCUT2D eigenvalue weighted by Crippen LogP contribution is -2.23. The number of carbonyl (C=O) groups is 2. The van der Waals surface area contributed by atoms with Crippen LogP contribution >= 0.6 is 0 Å². The molecule has 0 spiro atoms. The van der Waals surface area contributed by atoms with E-state index in [9.17, 15) is 9.59 Å². The van der Waals surface area contributed by atoms with Crippen LogP contribution in [-0.4, -0.2) is 18.2 Å². The van der Waals surface area contributed by atoms with Gasteiger partial charge in [-0.3, -0.25) is 9.59 Å². The monoisotopic (exact) mass is 276 g/mol. The Labute approximate surface area is 119 Å². The average molecular weight is 276 g/mol. The highest BCUT2D eigenvalue weighted by atomic mass is 16.7. The molecule has 0 aliphatic carbocycles. The summed E-state index contributed by atoms with van der Waals surface area (Å²) >= 11 is 0. The Morgan fingerprint density at radius 2 is 1.75 bits per heavy atom. The molecule has 0 unspecified atom stereocenters. The van der Waals surface area contributed by atoms with E-state index in [0.717, 1.165) is 12.0 Å². The second kappa shape index (κ2) is 7.48. The Kier molecular flexibility index (Phi) is 5.97. The van der Waals surface area contributed by atoms with Gasteiger partial charge in [-0.15, -0.1) is 0 Å². The summed E-state index contributed by atoms with van der Waals surface area (Å²) in [4.78, 5) is 22.1. The Bertz CT molecular complexity index is 501. The number of aryl methyl sites for hydroxylation is 1. The molecule has 0 aliphatic heterocycles. The molecule has 4 nitrogen and oxygen atoms in total. The fraction of sp³-hybridized carbons (Fsp3) is 0.375. The first-order valence-corrected chi connectivity index (χ1v) is 6.54. The van der Waals surface area contributed by atoms with Gasteiger partial charge in [-0.1, -0.05) is 31.2 Å². The SMILES string of the molecule is CCc1cccc(C=C(C)C(OC(C)=O)OC(C)=O)c1. The van der Waals surface area contributed by atoms with Gasteiger partial charge in [0, 0.05) is 19.4 Å². The van der Waals surface area contributed by atoms with Gasteiger partial charge in [0.25, 0.3) is 6.29 Å². The molecular formula is C16H20O4. The van der Waals surface area contributed by atoms with E-state index < -0.39 is 18.2 Å². The summed E-state index contributed by atoms with van der Waals surface area (Å²) in [7, 11) is 0. The molecule has 0 aromatic heterocycles. The van der Waals surface area contributed by atoms with Gasteiger partial charge in [0.2, 0.25) is 0 Å². The van der Waals surface area contributed by atoms with Gasteiger partial charge in [0.05, 0.1) is 0 Å². The smallest absolute Gasteiger partial charge is 0.305 e. The molecule has 0 saturated heterocycles. The zero-order valence-corrected chi connectivity index (χ0v) is 12.3. The van der Waals surface area contributed by atoms with Crippen LogP contribution in [0.25, 0.3) is 6.08 Å². The maximum Gasteiger partial charge on any atom is 0.305 e. The van der Waals surface area contributed by atoms with Gasteiger partial charge in [0.15, 0.2) is 0 Å². The second-order valence-corrected chi connectivity index (χ2v) is 4.54. The van der Waals surface area contributed by atoms with Crippen LogP contribution in [0.15, 0.2) is 29.8 Å². The summed E-state index contributed by atoms with van der Waals surface area (Å²) in [6.45, 7) is 6.40. The van der Waals surface area contributed by atoms with Crippen molar-refractivity contribution in [1.82, 2.24) is 0 Å². The molecular weight excluding hydrogens is 256 g/mol. The van der Waals surface area contributed by atoms with Gasteiger partial charge in [0.1, 0.15) is 0 Å². The molecule has 0 fully saturated rings. The lowest BCUT2D eigenvalue weighted by molar-refractivity contribution is -0.177. The largest absolute Gasteiger partial charge is 0.421 e. The zero-order valence-electron chi connectivity index (χ0n) is 12.3. The molecule has 0 atom stereocenters. The van der Waals surface area contributed by atoms with E-state index in [1.807, 2.05) is 30.3 Å². The molecule has 1 aromatic carbocycles. The molecule has 0 N–H and O–H groups in total. The molecule has 20 heavy (non-hydrogen) atoms. The Morgan fingerprint density at radius 3 is 2.25 bits per heavy atom. The quantitative estimate of drug-likeness (QED) is 0.612. The third-order valence-corrected chi connectivity index (χ3v) is 2.67. The molecule has 1 rings (SSSR count). The molecule has 0 saturated carbocycles. The van der Waals surface area contributed by atoms with Gasteiger partial charge in [-0.2, -0.15) is 0 Å². The third kappa shape index (κ3) is 5.26. The van der Waals surface area contributed by atoms with Crippen LogP contribution in [0.3, 0.4) is 0 Å². The van der Waals surface area contributed by atoms with Crippen LogP contribution < -0.4 is 0 Å². The van der Waals surface area contributed by atoms with Crippen molar-refractivity contribution >= 4 is 18.0 Å². The summed E-state index contributed by atoms with van der Waals surface area (Å²) in [6, 6.07) is 8.00. The highest BCUT2D eigenvalue weighted by Crippen LogP contribution is 2.15. The molecule has 0 heterocycles. The number of carbonyl (C=O) groups excluding carboxylic acids is 2. The van der Waals surface area contributed by atoms with E-state index in [-0.39, 0.29) is 0 Å². The van der Waals surface area contributed by atoms with E-state index in [1.165, 1.54) is 19.4 Å². The van der Waals surface area contributed by atoms with Crippen LogP contribution in [0.2, 0.25) is 0 Å². The van der Waals surface area contributed by atoms with Gasteiger partial charge >= 0.3 is 11.9 Å². The number of ether oxygens (including phenoxy) is 2. The highest BCUT2D eigenvalue weighted by molar-refractivity contribution is 5.69. The van der Waals surface area contributed by atoms with Crippen LogP contribution in [-0.2, 0) is 25.5 Å². The highest BCUT2D eigenvalue weighted by Gasteiger charge is 2.17. The van der Waals surface area contributed by atoms with Crippen LogP contribution in [0.4, 0.5) is 0 Å². The maximum atomic E-state index is 11.1. The van der Waals surface area contributed by atoms with Crippen LogP contribution in [0, 0.1) is 0 Å². The molecule has 4 heteroatoms. The number of benzene rings is 1. The Hall–Kier alpha value is -2.10. The summed E-state index contributed by atoms with van der Waals surface area (Å²) in [5.41, 5.74) is 2.85. The topological polar surface area (TPSA) is 52.6 Å². The number of esters is 2. The molecule has 0 aliphatic rings. The van der Waals surface area contributed by atoms with E-state index >= 15 is 0 Å². The molecule has 108 valence electrons. The minimum atomic E-state index is -0.977. The maximum absolute atomic E-state index is 11.1. The van der Waals surface area contributed by atoms with Crippen LogP contribution in [0.5, 0.6) is 0 Å². The van der Waals surface area contributed by atoms with Gasteiger partial charge in [-0.25, -0.2) is 0 Å². The summed E-state index contributed by atoms with van der Waals surface area (Å²) < 4.78 is 10.0. The van der Waals surface area contributed by atoms with Gasteiger partial charge < -0.3 is 9.47 Å². The summed E-state index contributed by atoms with van der Waals surface area (Å²) in [6.07, 6.45) is 1.81. The van der Waals surface area contributed by atoms with Crippen molar-refractivity contribution in [3.63, 3.8) is 0 Å². The van der Waals surface area contributed by atoms with Crippen molar-refractivity contribution in [3.05, 3.63) is 41.0 Å². The van der Waals surface area contributed by atoms with Crippen molar-refractivity contribution in [3.8, 4) is 0 Å². The van der Waals surface area contributed by atoms with E-state index in [2.05, 4.69) is 6.92 Å². The minimum Gasteiger partial charge on any atom is -0.421 e. The standard InChI is InChI=1S/C16H20O4/c1-5-14-7-6-8-15(10-14)9-11(2)16(19-12(3)17)20-13(4)18/h6-10,16H,5H2,1-4H3. The second-order valence-electron chi connectivity index (χ2n) is 4.54. The zero-order chi connectivity index (χ0) is 15.1. The Morgan fingerprint density at radius 1 is 1.15 bits per heavy atom. The van der Waals surface area contributed by atoms with Gasteiger partial charge in [-0.05, 0) is 30.5 Å². The van der Waals surface area contributed by atoms with Crippen molar-refractivity contribution in [1.29, 1.82) is 0 Å². The van der Waals surface area contributed by atoms with E-state index in [1.54, 1.807) is 6.92 Å². The number of hydrogen-bond acceptors (Lipinski definition) is 4. The van der Waals surface area contributed by atoms with E-state index in [0.29, 0.717) is 5.57 Å². The van der Waals surface area contributed by atoms with Crippen molar-refractivity contribution < 1.29 is 19.1 Å². The van der Waals surface area contributed by atoms with Crippen molar-refractivity contribution in [2.45, 2.75) is 40.4 Å². The normalized spacial score (nSPS) is 11.3. The molecule has 0 radical (unpaired) electrons. The predicted molar refractivity (Wildman–Crippen MR) is 76.8 cm³/mol. The molecule has 1 aromatic rings. The first-order chi connectivity index (χ1) is 9.42. The molecule has 0 bridgehead atoms. The predicted octanol–water partition coefficient (Wildman–Crippen LogP) is 3.10. The summed E-state index contributed by atoms with van der Waals surface area (Å²) in [5, 5.41) is 0. The molecule has 0 amide bonds. The van der Waals surface area contributed by atoms with Crippen LogP contribution in [0.1, 0.15) is 38.8 Å². The van der Waals surface area contributed by atoms with Crippen molar-refractivity contribution in [2.24, 2.45) is 0 Å². The lowest BCUT2D eigenvalue weighted by Gasteiger charge is -2.17. The van der Waals surface area contributed by atoms with E-state index in [4.69, 9.17) is 9.47 Å². The Balaban J connectivity index is 2.96. The number of rotatable bonds is 5. The third-order valence-electron chi connectivity index (χ3n) is 2.67. The summed E-state index contributed by atoms with van der Waals surface area (Å²) in [5.74, 6) is -0.988. The number of hydrogen-bond donors (Lipinski definition) is 0. The first-order valence-electron chi connectivity index (χ1n) is 6.54. The average Bonchev–Trinajstić information content (AvgIpc) is 2.37.